The lowest BCUT2D eigenvalue weighted by molar-refractivity contribution is 0.426. The molecule has 98 valence electrons. The fraction of sp³-hybridized carbons (Fsp3) is 0.0588. The van der Waals surface area contributed by atoms with Crippen LogP contribution in [0.25, 0.3) is 27.6 Å². The van der Waals surface area contributed by atoms with Crippen LogP contribution in [0.3, 0.4) is 0 Å². The molecule has 0 aliphatic carbocycles. The number of aryl methyl sites for hydroxylation is 1. The van der Waals surface area contributed by atoms with Crippen molar-refractivity contribution in [2.24, 2.45) is 0 Å². The Balaban J connectivity index is 2.55. The molecule has 0 saturated carbocycles. The second kappa shape index (κ2) is 4.78. The summed E-state index contributed by atoms with van der Waals surface area (Å²) in [6.07, 6.45) is 1.79. The van der Waals surface area contributed by atoms with Crippen molar-refractivity contribution < 1.29 is 10.0 Å². The van der Waals surface area contributed by atoms with Gasteiger partial charge in [0.1, 0.15) is 0 Å². The minimum absolute atomic E-state index is 0.529. The van der Waals surface area contributed by atoms with Crippen molar-refractivity contribution in [2.75, 3.05) is 0 Å². The zero-order valence-electron chi connectivity index (χ0n) is 11.3. The number of benzene rings is 3. The Bertz CT molecular complexity index is 822. The molecule has 3 rings (SSSR count). The smallest absolute Gasteiger partial charge is 0.423 e. The highest BCUT2D eigenvalue weighted by Gasteiger charge is 2.17. The molecule has 0 amide bonds. The van der Waals surface area contributed by atoms with Gasteiger partial charge in [-0.2, -0.15) is 0 Å². The van der Waals surface area contributed by atoms with Crippen molar-refractivity contribution in [3.05, 3.63) is 60.2 Å². The molecular weight excluding hydrogens is 247 g/mol. The molecule has 3 aromatic rings. The van der Waals surface area contributed by atoms with Crippen LogP contribution >= 0.6 is 0 Å². The molecule has 20 heavy (non-hydrogen) atoms. The van der Waals surface area contributed by atoms with Gasteiger partial charge in [-0.1, -0.05) is 49.1 Å². The molecule has 0 atom stereocenters. The van der Waals surface area contributed by atoms with E-state index in [0.29, 0.717) is 5.46 Å². The van der Waals surface area contributed by atoms with Crippen molar-refractivity contribution in [3.63, 3.8) is 0 Å². The molecule has 0 heterocycles. The van der Waals surface area contributed by atoms with Crippen LogP contribution in [0, 0.1) is 6.92 Å². The lowest BCUT2D eigenvalue weighted by Crippen LogP contribution is -2.30. The van der Waals surface area contributed by atoms with Gasteiger partial charge in [0.15, 0.2) is 0 Å². The van der Waals surface area contributed by atoms with Crippen LogP contribution < -0.4 is 5.46 Å². The average Bonchev–Trinajstić information content (AvgIpc) is 2.45. The summed E-state index contributed by atoms with van der Waals surface area (Å²) < 4.78 is 0. The van der Waals surface area contributed by atoms with Gasteiger partial charge in [0.2, 0.25) is 0 Å². The first-order valence-electron chi connectivity index (χ1n) is 6.56. The van der Waals surface area contributed by atoms with Crippen LogP contribution in [0.1, 0.15) is 11.1 Å². The number of fused-ring (bicyclic) bond motifs is 3. The zero-order chi connectivity index (χ0) is 14.3. The first kappa shape index (κ1) is 12.9. The van der Waals surface area contributed by atoms with Crippen molar-refractivity contribution >= 4 is 40.2 Å². The summed E-state index contributed by atoms with van der Waals surface area (Å²) in [7, 11) is -1.48. The summed E-state index contributed by atoms with van der Waals surface area (Å²) in [5.41, 5.74) is 2.67. The van der Waals surface area contributed by atoms with Gasteiger partial charge in [0.25, 0.3) is 0 Å². The topological polar surface area (TPSA) is 40.5 Å². The van der Waals surface area contributed by atoms with Gasteiger partial charge < -0.3 is 10.0 Å². The van der Waals surface area contributed by atoms with Gasteiger partial charge in [-0.3, -0.25) is 0 Å². The molecule has 0 spiro atoms. The van der Waals surface area contributed by atoms with Gasteiger partial charge in [-0.15, -0.1) is 0 Å². The highest BCUT2D eigenvalue weighted by atomic mass is 16.4. The summed E-state index contributed by atoms with van der Waals surface area (Å²) in [5.74, 6) is 0. The Morgan fingerprint density at radius 1 is 1.00 bits per heavy atom. The van der Waals surface area contributed by atoms with E-state index in [2.05, 4.69) is 18.7 Å². The molecule has 2 nitrogen and oxygen atoms in total. The predicted octanol–water partition coefficient (Wildman–Crippen LogP) is 2.62. The maximum absolute atomic E-state index is 9.64. The van der Waals surface area contributed by atoms with E-state index in [0.717, 1.165) is 32.7 Å². The maximum Gasteiger partial charge on any atom is 0.489 e. The molecule has 0 radical (unpaired) electrons. The zero-order valence-corrected chi connectivity index (χ0v) is 11.3. The molecule has 3 heteroatoms. The van der Waals surface area contributed by atoms with Crippen LogP contribution in [0.2, 0.25) is 0 Å². The maximum atomic E-state index is 9.64. The number of hydrogen-bond acceptors (Lipinski definition) is 2. The Hall–Kier alpha value is -2.10. The van der Waals surface area contributed by atoms with Gasteiger partial charge in [0, 0.05) is 0 Å². The summed E-state index contributed by atoms with van der Waals surface area (Å²) in [5, 5.41) is 23.3. The van der Waals surface area contributed by atoms with Crippen molar-refractivity contribution in [1.29, 1.82) is 0 Å². The molecule has 0 aromatic heterocycles. The molecule has 3 aromatic carbocycles. The monoisotopic (exact) mass is 262 g/mol. The highest BCUT2D eigenvalue weighted by molar-refractivity contribution is 6.62. The Labute approximate surface area is 118 Å². The van der Waals surface area contributed by atoms with Crippen molar-refractivity contribution in [2.45, 2.75) is 6.92 Å². The summed E-state index contributed by atoms with van der Waals surface area (Å²) >= 11 is 0. The molecular formula is C17H15BO2. The Morgan fingerprint density at radius 2 is 1.75 bits per heavy atom. The third kappa shape index (κ3) is 1.92. The molecule has 0 saturated heterocycles. The van der Waals surface area contributed by atoms with Crippen LogP contribution in [0.4, 0.5) is 0 Å². The Kier molecular flexibility index (Phi) is 3.09. The second-order valence-corrected chi connectivity index (χ2v) is 5.02. The summed E-state index contributed by atoms with van der Waals surface area (Å²) in [6, 6.07) is 13.9. The van der Waals surface area contributed by atoms with Gasteiger partial charge in [-0.25, -0.2) is 0 Å². The fourth-order valence-corrected chi connectivity index (χ4v) is 2.73. The quantitative estimate of drug-likeness (QED) is 0.550. The first-order valence-corrected chi connectivity index (χ1v) is 6.56. The largest absolute Gasteiger partial charge is 0.489 e. The lowest BCUT2D eigenvalue weighted by atomic mass is 9.75. The third-order valence-corrected chi connectivity index (χ3v) is 3.78. The van der Waals surface area contributed by atoms with E-state index < -0.39 is 7.12 Å². The van der Waals surface area contributed by atoms with Crippen LogP contribution in [-0.2, 0) is 0 Å². The fourth-order valence-electron chi connectivity index (χ4n) is 2.73. The molecule has 0 unspecified atom stereocenters. The standard InChI is InChI=1S/C17H15BO2/c1-3-12-9-16-15(8-11(12)2)14-7-5-4-6-13(14)10-17(16)18(19)20/h3-10,19-20H,1H2,2H3. The predicted molar refractivity (Wildman–Crippen MR) is 86.1 cm³/mol. The third-order valence-electron chi connectivity index (χ3n) is 3.78. The highest BCUT2D eigenvalue weighted by Crippen LogP contribution is 2.27. The molecule has 0 aliphatic rings. The second-order valence-electron chi connectivity index (χ2n) is 5.02. The average molecular weight is 262 g/mol. The van der Waals surface area contributed by atoms with E-state index in [9.17, 15) is 10.0 Å². The Morgan fingerprint density at radius 3 is 2.45 bits per heavy atom. The number of rotatable bonds is 2. The minimum Gasteiger partial charge on any atom is -0.423 e. The molecule has 0 bridgehead atoms. The van der Waals surface area contributed by atoms with Gasteiger partial charge in [-0.05, 0) is 51.1 Å². The van der Waals surface area contributed by atoms with Crippen molar-refractivity contribution in [1.82, 2.24) is 0 Å². The lowest BCUT2D eigenvalue weighted by Gasteiger charge is -2.12. The van der Waals surface area contributed by atoms with Crippen molar-refractivity contribution in [3.8, 4) is 0 Å². The van der Waals surface area contributed by atoms with E-state index >= 15 is 0 Å². The van der Waals surface area contributed by atoms with Crippen LogP contribution in [-0.4, -0.2) is 17.2 Å². The molecule has 2 N–H and O–H groups in total. The molecule has 0 aliphatic heterocycles. The van der Waals surface area contributed by atoms with E-state index in [1.165, 1.54) is 0 Å². The van der Waals surface area contributed by atoms with E-state index in [4.69, 9.17) is 0 Å². The summed E-state index contributed by atoms with van der Waals surface area (Å²) in [4.78, 5) is 0. The minimum atomic E-state index is -1.48. The SMILES string of the molecule is C=Cc1cc2c(B(O)O)cc3ccccc3c2cc1C. The van der Waals surface area contributed by atoms with Crippen LogP contribution in [0.5, 0.6) is 0 Å². The van der Waals surface area contributed by atoms with E-state index in [-0.39, 0.29) is 0 Å². The van der Waals surface area contributed by atoms with Crippen LogP contribution in [0.15, 0.2) is 49.0 Å². The van der Waals surface area contributed by atoms with E-state index in [1.807, 2.05) is 37.3 Å². The first-order chi connectivity index (χ1) is 9.61. The van der Waals surface area contributed by atoms with E-state index in [1.54, 1.807) is 6.08 Å². The van der Waals surface area contributed by atoms with Gasteiger partial charge in [0.05, 0.1) is 0 Å². The number of hydrogen-bond donors (Lipinski definition) is 2. The van der Waals surface area contributed by atoms with Gasteiger partial charge >= 0.3 is 7.12 Å². The normalized spacial score (nSPS) is 10.9. The summed E-state index contributed by atoms with van der Waals surface area (Å²) in [6.45, 7) is 5.85. The molecule has 0 fully saturated rings.